The third-order valence-corrected chi connectivity index (χ3v) is 2.75. The van der Waals surface area contributed by atoms with Crippen molar-refractivity contribution in [3.05, 3.63) is 36.1 Å². The molecule has 0 aliphatic carbocycles. The fourth-order valence-electron chi connectivity index (χ4n) is 1.71. The van der Waals surface area contributed by atoms with E-state index < -0.39 is 5.82 Å². The number of methoxy groups -OCH3 is 1. The van der Waals surface area contributed by atoms with E-state index in [9.17, 15) is 4.39 Å². The second kappa shape index (κ2) is 5.16. The first-order valence-electron chi connectivity index (χ1n) is 5.94. The van der Waals surface area contributed by atoms with Crippen molar-refractivity contribution in [2.24, 2.45) is 0 Å². The molecule has 0 atom stereocenters. The van der Waals surface area contributed by atoms with Gasteiger partial charge in [-0.05, 0) is 24.3 Å². The molecule has 0 aliphatic rings. The third kappa shape index (κ3) is 2.50. The topological polar surface area (TPSA) is 100.0 Å². The highest BCUT2D eigenvalue weighted by Crippen LogP contribution is 2.26. The predicted octanol–water partition coefficient (Wildman–Crippen LogP) is 1.92. The van der Waals surface area contributed by atoms with Gasteiger partial charge in [0.15, 0.2) is 0 Å². The van der Waals surface area contributed by atoms with Gasteiger partial charge in [0.2, 0.25) is 11.7 Å². The normalized spacial score (nSPS) is 10.6. The number of benzene rings is 1. The molecule has 0 spiro atoms. The molecule has 0 saturated heterocycles. The Kier molecular flexibility index (Phi) is 3.19. The van der Waals surface area contributed by atoms with Crippen LogP contribution >= 0.6 is 0 Å². The van der Waals surface area contributed by atoms with Crippen LogP contribution in [0.3, 0.4) is 0 Å². The van der Waals surface area contributed by atoms with Crippen LogP contribution in [0.1, 0.15) is 0 Å². The summed E-state index contributed by atoms with van der Waals surface area (Å²) in [7, 11) is 1.49. The van der Waals surface area contributed by atoms with Crippen LogP contribution in [0.25, 0.3) is 23.0 Å². The van der Waals surface area contributed by atoms with Crippen LogP contribution < -0.4 is 10.5 Å². The summed E-state index contributed by atoms with van der Waals surface area (Å²) < 4.78 is 23.1. The molecule has 106 valence electrons. The van der Waals surface area contributed by atoms with E-state index in [0.717, 1.165) is 0 Å². The van der Waals surface area contributed by atoms with Crippen LogP contribution in [-0.4, -0.2) is 27.4 Å². The minimum atomic E-state index is -0.433. The van der Waals surface area contributed by atoms with Gasteiger partial charge in [-0.25, -0.2) is 4.39 Å². The summed E-state index contributed by atoms with van der Waals surface area (Å²) in [6, 6.07) is 7.20. The summed E-state index contributed by atoms with van der Waals surface area (Å²) in [6.45, 7) is 0. The third-order valence-electron chi connectivity index (χ3n) is 2.75. The van der Waals surface area contributed by atoms with E-state index in [1.165, 1.54) is 25.3 Å². The van der Waals surface area contributed by atoms with Gasteiger partial charge in [-0.1, -0.05) is 5.16 Å². The molecule has 3 rings (SSSR count). The summed E-state index contributed by atoms with van der Waals surface area (Å²) in [5.74, 6) is 0.381. The zero-order valence-electron chi connectivity index (χ0n) is 10.9. The number of rotatable bonds is 3. The Morgan fingerprint density at radius 1 is 1.19 bits per heavy atom. The maximum absolute atomic E-state index is 13.0. The van der Waals surface area contributed by atoms with E-state index in [1.807, 2.05) is 0 Å². The molecule has 3 aromatic rings. The lowest BCUT2D eigenvalue weighted by molar-refractivity contribution is 0.392. The smallest absolute Gasteiger partial charge is 0.260 e. The van der Waals surface area contributed by atoms with Crippen LogP contribution in [0, 0.1) is 5.82 Å². The summed E-state index contributed by atoms with van der Waals surface area (Å²) in [5, 5.41) is 11.5. The number of hydrogen-bond acceptors (Lipinski definition) is 7. The number of nitrogens with zero attached hydrogens (tertiary/aromatic N) is 4. The zero-order valence-corrected chi connectivity index (χ0v) is 10.9. The van der Waals surface area contributed by atoms with Gasteiger partial charge >= 0.3 is 0 Å². The van der Waals surface area contributed by atoms with Crippen molar-refractivity contribution in [3.63, 3.8) is 0 Å². The Morgan fingerprint density at radius 3 is 2.71 bits per heavy atom. The van der Waals surface area contributed by atoms with Crippen molar-refractivity contribution in [1.82, 2.24) is 20.3 Å². The SMILES string of the molecule is COc1ccc(-c2noc(-c3ccc(F)cc3N)n2)nn1. The molecule has 0 unspecified atom stereocenters. The minimum absolute atomic E-state index is 0.181. The van der Waals surface area contributed by atoms with Gasteiger partial charge in [0.25, 0.3) is 5.89 Å². The summed E-state index contributed by atoms with van der Waals surface area (Å²) in [4.78, 5) is 4.17. The Hall–Kier alpha value is -3.03. The first-order valence-corrected chi connectivity index (χ1v) is 5.94. The molecule has 21 heavy (non-hydrogen) atoms. The zero-order chi connectivity index (χ0) is 14.8. The van der Waals surface area contributed by atoms with Gasteiger partial charge in [-0.2, -0.15) is 4.98 Å². The molecular weight excluding hydrogens is 277 g/mol. The van der Waals surface area contributed by atoms with Crippen LogP contribution in [-0.2, 0) is 0 Å². The number of halogens is 1. The molecule has 0 fully saturated rings. The van der Waals surface area contributed by atoms with E-state index in [0.29, 0.717) is 17.1 Å². The molecule has 0 aliphatic heterocycles. The second-order valence-corrected chi connectivity index (χ2v) is 4.12. The highest BCUT2D eigenvalue weighted by molar-refractivity contribution is 5.71. The molecule has 0 amide bonds. The molecule has 0 bridgehead atoms. The van der Waals surface area contributed by atoms with Gasteiger partial charge in [0.1, 0.15) is 11.5 Å². The lowest BCUT2D eigenvalue weighted by Gasteiger charge is -1.99. The molecule has 2 N–H and O–H groups in total. The molecule has 0 radical (unpaired) electrons. The number of nitrogen functional groups attached to an aromatic ring is 1. The number of aromatic nitrogens is 4. The number of nitrogens with two attached hydrogens (primary N) is 1. The molecule has 2 heterocycles. The number of anilines is 1. The van der Waals surface area contributed by atoms with Gasteiger partial charge in [0, 0.05) is 11.8 Å². The standard InChI is InChI=1S/C13H10FN5O2/c1-20-11-5-4-10(17-18-11)12-16-13(21-19-12)8-3-2-7(14)6-9(8)15/h2-6H,15H2,1H3. The van der Waals surface area contributed by atoms with Gasteiger partial charge in [-0.3, -0.25) is 0 Å². The fourth-order valence-corrected chi connectivity index (χ4v) is 1.71. The Balaban J connectivity index is 1.95. The van der Waals surface area contributed by atoms with E-state index in [4.69, 9.17) is 15.0 Å². The molecule has 8 heteroatoms. The van der Waals surface area contributed by atoms with Crippen LogP contribution in [0.5, 0.6) is 5.88 Å². The second-order valence-electron chi connectivity index (χ2n) is 4.12. The maximum Gasteiger partial charge on any atom is 0.260 e. The van der Waals surface area contributed by atoms with E-state index in [1.54, 1.807) is 12.1 Å². The van der Waals surface area contributed by atoms with E-state index >= 15 is 0 Å². The minimum Gasteiger partial charge on any atom is -0.480 e. The van der Waals surface area contributed by atoms with Crippen LogP contribution in [0.15, 0.2) is 34.9 Å². The molecule has 2 aromatic heterocycles. The average molecular weight is 287 g/mol. The lowest BCUT2D eigenvalue weighted by Crippen LogP contribution is -1.93. The number of hydrogen-bond donors (Lipinski definition) is 1. The largest absolute Gasteiger partial charge is 0.480 e. The molecule has 0 saturated carbocycles. The first-order chi connectivity index (χ1) is 10.2. The molecule has 1 aromatic carbocycles. The van der Waals surface area contributed by atoms with Crippen molar-refractivity contribution < 1.29 is 13.7 Å². The van der Waals surface area contributed by atoms with Crippen LogP contribution in [0.4, 0.5) is 10.1 Å². The molecule has 7 nitrogen and oxygen atoms in total. The van der Waals surface area contributed by atoms with Crippen molar-refractivity contribution >= 4 is 5.69 Å². The first kappa shape index (κ1) is 13.0. The highest BCUT2D eigenvalue weighted by Gasteiger charge is 2.14. The lowest BCUT2D eigenvalue weighted by atomic mass is 10.2. The average Bonchev–Trinajstić information content (AvgIpc) is 2.97. The van der Waals surface area contributed by atoms with E-state index in [2.05, 4.69) is 20.3 Å². The number of ether oxygens (including phenoxy) is 1. The fraction of sp³-hybridized carbons (Fsp3) is 0.0769. The maximum atomic E-state index is 13.0. The quantitative estimate of drug-likeness (QED) is 0.734. The van der Waals surface area contributed by atoms with Gasteiger partial charge in [0.05, 0.1) is 12.7 Å². The Morgan fingerprint density at radius 2 is 2.05 bits per heavy atom. The predicted molar refractivity (Wildman–Crippen MR) is 71.7 cm³/mol. The highest BCUT2D eigenvalue weighted by atomic mass is 19.1. The Labute approximate surface area is 118 Å². The summed E-state index contributed by atoms with van der Waals surface area (Å²) in [6.07, 6.45) is 0. The van der Waals surface area contributed by atoms with Crippen LogP contribution in [0.2, 0.25) is 0 Å². The van der Waals surface area contributed by atoms with Crippen molar-refractivity contribution in [2.45, 2.75) is 0 Å². The molecular formula is C13H10FN5O2. The monoisotopic (exact) mass is 287 g/mol. The summed E-state index contributed by atoms with van der Waals surface area (Å²) >= 11 is 0. The van der Waals surface area contributed by atoms with Crippen molar-refractivity contribution in [2.75, 3.05) is 12.8 Å². The van der Waals surface area contributed by atoms with Gasteiger partial charge in [-0.15, -0.1) is 10.2 Å². The Bertz CT molecular complexity index is 772. The van der Waals surface area contributed by atoms with Crippen molar-refractivity contribution in [1.29, 1.82) is 0 Å². The van der Waals surface area contributed by atoms with E-state index in [-0.39, 0.29) is 17.4 Å². The van der Waals surface area contributed by atoms with Crippen molar-refractivity contribution in [3.8, 4) is 28.9 Å². The summed E-state index contributed by atoms with van der Waals surface area (Å²) in [5.41, 5.74) is 6.82. The van der Waals surface area contributed by atoms with Gasteiger partial charge < -0.3 is 15.0 Å².